The highest BCUT2D eigenvalue weighted by molar-refractivity contribution is 5.79. The number of fused-ring (bicyclic) bond motifs is 1. The molecule has 3 aromatic carbocycles. The van der Waals surface area contributed by atoms with Gasteiger partial charge in [-0.25, -0.2) is 4.79 Å². The third-order valence-electron chi connectivity index (χ3n) is 6.92. The number of benzene rings is 3. The number of aliphatic hydroxyl groups is 1. The minimum absolute atomic E-state index is 0.0480. The van der Waals surface area contributed by atoms with Crippen LogP contribution in [0.1, 0.15) is 41.1 Å². The summed E-state index contributed by atoms with van der Waals surface area (Å²) in [5, 5.41) is 23.0. The van der Waals surface area contributed by atoms with E-state index in [4.69, 9.17) is 15.6 Å². The van der Waals surface area contributed by atoms with E-state index in [1.165, 1.54) is 5.56 Å². The van der Waals surface area contributed by atoms with Crippen molar-refractivity contribution in [2.75, 3.05) is 6.61 Å². The Balaban J connectivity index is 1.45. The predicted octanol–water partition coefficient (Wildman–Crippen LogP) is 3.43. The third kappa shape index (κ3) is 7.41. The number of carboxylic acid groups (broad SMARTS) is 1. The van der Waals surface area contributed by atoms with E-state index >= 15 is 0 Å². The molecule has 0 aliphatic heterocycles. The number of ether oxygens (including phenoxy) is 1. The number of carboxylic acids is 1. The van der Waals surface area contributed by atoms with Crippen molar-refractivity contribution in [1.82, 2.24) is 5.32 Å². The molecule has 0 bridgehead atoms. The van der Waals surface area contributed by atoms with Crippen molar-refractivity contribution in [1.29, 1.82) is 0 Å². The summed E-state index contributed by atoms with van der Waals surface area (Å²) < 4.78 is 5.21. The topological polar surface area (TPSA) is 122 Å². The maximum absolute atomic E-state index is 13.5. The average molecular weight is 503 g/mol. The second-order valence-electron chi connectivity index (χ2n) is 9.68. The predicted molar refractivity (Wildman–Crippen MR) is 141 cm³/mol. The van der Waals surface area contributed by atoms with E-state index in [1.807, 2.05) is 54.6 Å². The largest absolute Gasteiger partial charge is 0.482 e. The number of rotatable bonds is 12. The second kappa shape index (κ2) is 12.5. The van der Waals surface area contributed by atoms with Gasteiger partial charge < -0.3 is 26.0 Å². The van der Waals surface area contributed by atoms with E-state index in [1.54, 1.807) is 12.1 Å². The molecule has 1 aliphatic rings. The normalized spacial score (nSPS) is 16.9. The Labute approximate surface area is 217 Å². The fraction of sp³-hybridized carbons (Fsp3) is 0.333. The van der Waals surface area contributed by atoms with Crippen molar-refractivity contribution in [2.24, 2.45) is 11.7 Å². The van der Waals surface area contributed by atoms with Crippen LogP contribution in [0, 0.1) is 5.92 Å². The molecular weight excluding hydrogens is 468 g/mol. The number of carbonyl (C=O) groups excluding carboxylic acids is 1. The first kappa shape index (κ1) is 26.4. The number of nitrogens with two attached hydrogens (primary N) is 1. The van der Waals surface area contributed by atoms with Crippen LogP contribution in [0.15, 0.2) is 78.9 Å². The van der Waals surface area contributed by atoms with Crippen LogP contribution >= 0.6 is 0 Å². The minimum atomic E-state index is -1.05. The van der Waals surface area contributed by atoms with Gasteiger partial charge in [0, 0.05) is 12.0 Å². The van der Waals surface area contributed by atoms with Gasteiger partial charge in [-0.05, 0) is 66.5 Å². The summed E-state index contributed by atoms with van der Waals surface area (Å²) in [6.07, 6.45) is 2.07. The van der Waals surface area contributed by atoms with Crippen molar-refractivity contribution < 1.29 is 24.5 Å². The van der Waals surface area contributed by atoms with Gasteiger partial charge >= 0.3 is 5.97 Å². The summed E-state index contributed by atoms with van der Waals surface area (Å²) in [6.45, 7) is -0.418. The van der Waals surface area contributed by atoms with Crippen molar-refractivity contribution >= 4 is 11.9 Å². The van der Waals surface area contributed by atoms with E-state index in [-0.39, 0.29) is 18.4 Å². The summed E-state index contributed by atoms with van der Waals surface area (Å²) in [4.78, 5) is 24.3. The molecular formula is C30H34N2O5. The molecule has 0 fully saturated rings. The van der Waals surface area contributed by atoms with Gasteiger partial charge in [0.05, 0.1) is 12.1 Å². The zero-order chi connectivity index (χ0) is 26.2. The van der Waals surface area contributed by atoms with Crippen LogP contribution in [0.3, 0.4) is 0 Å². The first-order valence-electron chi connectivity index (χ1n) is 12.7. The van der Waals surface area contributed by atoms with E-state index < -0.39 is 30.6 Å². The monoisotopic (exact) mass is 502 g/mol. The van der Waals surface area contributed by atoms with Gasteiger partial charge in [-0.1, -0.05) is 66.7 Å². The fourth-order valence-corrected chi connectivity index (χ4v) is 4.92. The lowest BCUT2D eigenvalue weighted by Gasteiger charge is -2.26. The van der Waals surface area contributed by atoms with Crippen LogP contribution in [0.2, 0.25) is 0 Å². The number of nitrogens with one attached hydrogen (secondary N) is 1. The number of hydrogen-bond donors (Lipinski definition) is 4. The molecule has 7 nitrogen and oxygen atoms in total. The molecule has 0 radical (unpaired) electrons. The van der Waals surface area contributed by atoms with Crippen LogP contribution in [-0.4, -0.2) is 40.8 Å². The molecule has 7 heteroatoms. The van der Waals surface area contributed by atoms with Gasteiger partial charge in [0.25, 0.3) is 0 Å². The molecule has 4 atom stereocenters. The van der Waals surface area contributed by atoms with E-state index in [0.29, 0.717) is 18.6 Å². The molecule has 1 aliphatic carbocycles. The lowest BCUT2D eigenvalue weighted by Crippen LogP contribution is -2.42. The summed E-state index contributed by atoms with van der Waals surface area (Å²) in [6, 6.07) is 24.4. The zero-order valence-electron chi connectivity index (χ0n) is 20.8. The Hall–Kier alpha value is -3.68. The van der Waals surface area contributed by atoms with Crippen LogP contribution in [0.5, 0.6) is 5.75 Å². The maximum atomic E-state index is 13.5. The molecule has 194 valence electrons. The number of aliphatic carboxylic acids is 1. The molecule has 4 rings (SSSR count). The van der Waals surface area contributed by atoms with E-state index in [2.05, 4.69) is 17.4 Å². The van der Waals surface area contributed by atoms with Gasteiger partial charge in [0.1, 0.15) is 5.75 Å². The molecule has 0 aromatic heterocycles. The van der Waals surface area contributed by atoms with Crippen LogP contribution in [0.4, 0.5) is 0 Å². The van der Waals surface area contributed by atoms with Gasteiger partial charge in [0.15, 0.2) is 6.61 Å². The Morgan fingerprint density at radius 1 is 0.946 bits per heavy atom. The fourth-order valence-electron chi connectivity index (χ4n) is 4.92. The molecule has 0 heterocycles. The maximum Gasteiger partial charge on any atom is 0.341 e. The first-order valence-corrected chi connectivity index (χ1v) is 12.7. The lowest BCUT2D eigenvalue weighted by molar-refractivity contribution is -0.139. The van der Waals surface area contributed by atoms with Gasteiger partial charge in [-0.2, -0.15) is 0 Å². The number of amides is 1. The SMILES string of the molecule is N[C@@H](Cc1ccccc1)C(O)CC(Cc1ccc(OCC(=O)O)cc1)C(=O)N[C@@H]1CCc2ccccc21. The third-order valence-corrected chi connectivity index (χ3v) is 6.92. The number of carbonyl (C=O) groups is 2. The lowest BCUT2D eigenvalue weighted by atomic mass is 9.88. The van der Waals surface area contributed by atoms with Crippen LogP contribution in [-0.2, 0) is 28.9 Å². The average Bonchev–Trinajstić information content (AvgIpc) is 3.31. The molecule has 0 saturated carbocycles. The molecule has 2 unspecified atom stereocenters. The van der Waals surface area contributed by atoms with Crippen LogP contribution < -0.4 is 15.8 Å². The Bertz CT molecular complexity index is 1180. The molecule has 5 N–H and O–H groups in total. The Morgan fingerprint density at radius 3 is 2.35 bits per heavy atom. The Morgan fingerprint density at radius 2 is 1.62 bits per heavy atom. The van der Waals surface area contributed by atoms with Crippen molar-refractivity contribution in [2.45, 2.75) is 50.3 Å². The standard InChI is InChI=1S/C30H34N2O5/c31-26(17-20-6-2-1-3-7-20)28(33)18-23(16-21-10-13-24(14-11-21)37-19-29(34)35)30(36)32-27-15-12-22-8-4-5-9-25(22)27/h1-11,13-14,23,26-28,33H,12,15-19,31H2,(H,32,36)(H,34,35)/t23?,26-,27+,28?/m0/s1. The second-order valence-corrected chi connectivity index (χ2v) is 9.68. The van der Waals surface area contributed by atoms with Crippen LogP contribution in [0.25, 0.3) is 0 Å². The number of hydrogen-bond acceptors (Lipinski definition) is 5. The highest BCUT2D eigenvalue weighted by atomic mass is 16.5. The van der Waals surface area contributed by atoms with E-state index in [0.717, 1.165) is 29.5 Å². The number of aryl methyl sites for hydroxylation is 1. The molecule has 1 amide bonds. The Kier molecular flexibility index (Phi) is 8.93. The minimum Gasteiger partial charge on any atom is -0.482 e. The molecule has 0 spiro atoms. The highest BCUT2D eigenvalue weighted by Gasteiger charge is 2.30. The summed E-state index contributed by atoms with van der Waals surface area (Å²) in [5.41, 5.74) is 10.7. The van der Waals surface area contributed by atoms with Crippen molar-refractivity contribution in [3.8, 4) is 5.75 Å². The van der Waals surface area contributed by atoms with Crippen molar-refractivity contribution in [3.05, 3.63) is 101 Å². The summed E-state index contributed by atoms with van der Waals surface area (Å²) >= 11 is 0. The van der Waals surface area contributed by atoms with Gasteiger partial charge in [-0.3, -0.25) is 4.79 Å². The molecule has 3 aromatic rings. The molecule has 0 saturated heterocycles. The summed E-state index contributed by atoms with van der Waals surface area (Å²) in [5.74, 6) is -1.20. The van der Waals surface area contributed by atoms with Gasteiger partial charge in [-0.15, -0.1) is 0 Å². The first-order chi connectivity index (χ1) is 17.9. The smallest absolute Gasteiger partial charge is 0.341 e. The van der Waals surface area contributed by atoms with Gasteiger partial charge in [0.2, 0.25) is 5.91 Å². The summed E-state index contributed by atoms with van der Waals surface area (Å²) in [7, 11) is 0. The number of aliphatic hydroxyl groups excluding tert-OH is 1. The highest BCUT2D eigenvalue weighted by Crippen LogP contribution is 2.31. The van der Waals surface area contributed by atoms with Crippen molar-refractivity contribution in [3.63, 3.8) is 0 Å². The molecule has 37 heavy (non-hydrogen) atoms. The van der Waals surface area contributed by atoms with E-state index in [9.17, 15) is 14.7 Å². The zero-order valence-corrected chi connectivity index (χ0v) is 20.8. The quantitative estimate of drug-likeness (QED) is 0.301.